The van der Waals surface area contributed by atoms with Crippen molar-refractivity contribution in [3.63, 3.8) is 0 Å². The van der Waals surface area contributed by atoms with Crippen molar-refractivity contribution in [2.75, 3.05) is 0 Å². The molecular formula is C88H78Cl2N16O10S2. The van der Waals surface area contributed by atoms with Crippen molar-refractivity contribution in [2.24, 2.45) is 0 Å². The van der Waals surface area contributed by atoms with Gasteiger partial charge < -0.3 is 29.3 Å². The molecule has 0 saturated carbocycles. The lowest BCUT2D eigenvalue weighted by atomic mass is 10.0. The summed E-state index contributed by atoms with van der Waals surface area (Å²) in [6, 6.07) is 65.3. The SMILES string of the molecule is Cc1cccc(-c2nnc(-c3c(Cl)c(C(=O)O)nn3-c3ccccc3C(C)C)o2)c1.Cc1cccc(-c2nnc(-c3c(Cl)c(C(=O)O)nn3-c3ccccc3C(C)C)s2)c1.Cc1cccc(-c2nnc(-c3cc(C(=O)O)nn3-c3ccccc3C(C)C)o2)c1.Cc1cccc(-c2nnc(-c3cc(C(=O)O)nn3-c3ccccc3C(C)C)s2)c1. The Morgan fingerprint density at radius 1 is 0.322 bits per heavy atom. The zero-order valence-electron chi connectivity index (χ0n) is 65.9. The fourth-order valence-electron chi connectivity index (χ4n) is 13.0. The van der Waals surface area contributed by atoms with Gasteiger partial charge in [-0.05, 0) is 134 Å². The number of benzene rings is 8. The van der Waals surface area contributed by atoms with Crippen LogP contribution in [0.2, 0.25) is 10.0 Å². The first-order valence-electron chi connectivity index (χ1n) is 37.3. The largest absolute Gasteiger partial charge is 0.476 e. The highest BCUT2D eigenvalue weighted by Crippen LogP contribution is 2.42. The molecule has 0 unspecified atom stereocenters. The number of aromatic nitrogens is 16. The number of aryl methyl sites for hydroxylation is 4. The molecule has 16 aromatic rings. The molecule has 0 fully saturated rings. The van der Waals surface area contributed by atoms with Crippen molar-refractivity contribution in [2.45, 2.75) is 107 Å². The van der Waals surface area contributed by atoms with Gasteiger partial charge in [0.1, 0.15) is 37.1 Å². The first-order chi connectivity index (χ1) is 56.6. The summed E-state index contributed by atoms with van der Waals surface area (Å²) in [6.07, 6.45) is 0. The van der Waals surface area contributed by atoms with Crippen LogP contribution in [0.15, 0.2) is 215 Å². The average Bonchev–Trinajstić information content (AvgIpc) is 1.65. The van der Waals surface area contributed by atoms with Crippen LogP contribution in [-0.2, 0) is 0 Å². The zero-order chi connectivity index (χ0) is 83.9. The van der Waals surface area contributed by atoms with E-state index < -0.39 is 23.9 Å². The van der Waals surface area contributed by atoms with Gasteiger partial charge in [0.2, 0.25) is 11.8 Å². The minimum atomic E-state index is -1.24. The molecule has 8 heterocycles. The smallest absolute Gasteiger partial charge is 0.358 e. The molecule has 26 nitrogen and oxygen atoms in total. The summed E-state index contributed by atoms with van der Waals surface area (Å²) in [4.78, 5) is 46.6. The minimum Gasteiger partial charge on any atom is -0.476 e. The van der Waals surface area contributed by atoms with Crippen LogP contribution >= 0.6 is 45.9 Å². The first kappa shape index (κ1) is 82.4. The monoisotopic (exact) mass is 1650 g/mol. The van der Waals surface area contributed by atoms with Gasteiger partial charge in [-0.2, -0.15) is 20.4 Å². The summed E-state index contributed by atoms with van der Waals surface area (Å²) in [7, 11) is 0. The average molecular weight is 1650 g/mol. The van der Waals surface area contributed by atoms with Gasteiger partial charge in [-0.25, -0.2) is 37.9 Å². The van der Waals surface area contributed by atoms with Crippen LogP contribution in [0.3, 0.4) is 0 Å². The second-order valence-electron chi connectivity index (χ2n) is 28.7. The van der Waals surface area contributed by atoms with Crippen LogP contribution in [0, 0.1) is 27.7 Å². The molecular weight excluding hydrogens is 1580 g/mol. The van der Waals surface area contributed by atoms with E-state index in [1.54, 1.807) is 20.1 Å². The minimum absolute atomic E-state index is 0.0223. The van der Waals surface area contributed by atoms with Gasteiger partial charge in [0.15, 0.2) is 38.5 Å². The predicted octanol–water partition coefficient (Wildman–Crippen LogP) is 21.1. The molecule has 0 spiro atoms. The van der Waals surface area contributed by atoms with Crippen molar-refractivity contribution >= 4 is 69.8 Å². The third kappa shape index (κ3) is 17.9. The van der Waals surface area contributed by atoms with E-state index >= 15 is 0 Å². The summed E-state index contributed by atoms with van der Waals surface area (Å²) in [6.45, 7) is 24.6. The molecule has 16 rings (SSSR count). The molecule has 0 amide bonds. The van der Waals surface area contributed by atoms with Crippen molar-refractivity contribution < 1.29 is 48.4 Å². The lowest BCUT2D eigenvalue weighted by Crippen LogP contribution is -2.06. The molecule has 0 aliphatic heterocycles. The van der Waals surface area contributed by atoms with Crippen LogP contribution in [0.4, 0.5) is 0 Å². The quantitative estimate of drug-likeness (QED) is 0.0550. The van der Waals surface area contributed by atoms with Gasteiger partial charge in [0.05, 0.1) is 22.7 Å². The van der Waals surface area contributed by atoms with Gasteiger partial charge >= 0.3 is 23.9 Å². The Morgan fingerprint density at radius 3 is 1.03 bits per heavy atom. The first-order valence-corrected chi connectivity index (χ1v) is 39.7. The number of carboxylic acids is 4. The molecule has 8 aromatic carbocycles. The summed E-state index contributed by atoms with van der Waals surface area (Å²) in [5.74, 6) is -2.77. The second kappa shape index (κ2) is 35.7. The highest BCUT2D eigenvalue weighted by Gasteiger charge is 2.32. The number of aromatic carboxylic acids is 4. The Labute approximate surface area is 695 Å². The van der Waals surface area contributed by atoms with Crippen LogP contribution < -0.4 is 0 Å². The molecule has 0 atom stereocenters. The molecule has 118 heavy (non-hydrogen) atoms. The molecule has 30 heteroatoms. The number of para-hydroxylation sites is 4. The molecule has 8 aromatic heterocycles. The van der Waals surface area contributed by atoms with Crippen LogP contribution in [-0.4, -0.2) is 124 Å². The van der Waals surface area contributed by atoms with Gasteiger partial charge in [-0.3, -0.25) is 0 Å². The number of hydrogen-bond acceptors (Lipinski definition) is 20. The van der Waals surface area contributed by atoms with Crippen molar-refractivity contribution in [3.05, 3.63) is 284 Å². The molecule has 0 aliphatic rings. The van der Waals surface area contributed by atoms with Gasteiger partial charge in [0, 0.05) is 34.4 Å². The van der Waals surface area contributed by atoms with Crippen LogP contribution in [0.25, 0.3) is 111 Å². The Hall–Kier alpha value is -13.5. The summed E-state index contributed by atoms with van der Waals surface area (Å²) < 4.78 is 18.0. The van der Waals surface area contributed by atoms with Crippen molar-refractivity contribution in [1.82, 2.24) is 79.9 Å². The Bertz CT molecular complexity index is 6020. The molecule has 0 radical (unpaired) electrons. The van der Waals surface area contributed by atoms with E-state index in [2.05, 4.69) is 109 Å². The highest BCUT2D eigenvalue weighted by atomic mass is 35.5. The second-order valence-corrected chi connectivity index (χ2v) is 31.4. The third-order valence-corrected chi connectivity index (χ3v) is 21.4. The van der Waals surface area contributed by atoms with E-state index in [-0.39, 0.29) is 74.0 Å². The van der Waals surface area contributed by atoms with Gasteiger partial charge in [0.25, 0.3) is 11.8 Å². The van der Waals surface area contributed by atoms with Crippen LogP contribution in [0.5, 0.6) is 0 Å². The standard InChI is InChI=1S/C22H19ClN4O3.C22H19ClN4O2S.C22H20N4O3.C22H20N4O2S/c2*1-12(2)15-9-4-5-10-16(15)27-19(17(23)18(26-27)22(28)29)21-25-24-20(30-21)14-8-6-7-13(3)11-14;2*1-13(2)16-9-4-5-10-18(16)26-19(12-17(25-26)22(27)28)21-24-23-20(29-21)15-8-6-7-14(3)11-15/h2*4-12H,1-3H3,(H,28,29);2*4-13H,1-3H3,(H,27,28). The number of hydrogen-bond donors (Lipinski definition) is 4. The summed E-state index contributed by atoms with van der Waals surface area (Å²) in [5, 5.41) is 91.8. The molecule has 0 bridgehead atoms. The third-order valence-electron chi connectivity index (χ3n) is 18.7. The number of nitrogens with zero attached hydrogens (tertiary/aromatic N) is 16. The predicted molar refractivity (Wildman–Crippen MR) is 454 cm³/mol. The fourth-order valence-corrected chi connectivity index (χ4v) is 15.3. The molecule has 4 N–H and O–H groups in total. The van der Waals surface area contributed by atoms with E-state index in [0.717, 1.165) is 93.8 Å². The lowest BCUT2D eigenvalue weighted by molar-refractivity contribution is 0.0679. The zero-order valence-corrected chi connectivity index (χ0v) is 69.1. The maximum Gasteiger partial charge on any atom is 0.358 e. The van der Waals surface area contributed by atoms with E-state index in [1.807, 2.05) is 230 Å². The lowest BCUT2D eigenvalue weighted by Gasteiger charge is -2.14. The van der Waals surface area contributed by atoms with E-state index in [9.17, 15) is 39.6 Å². The number of carboxylic acid groups (broad SMARTS) is 4. The number of halogens is 2. The van der Waals surface area contributed by atoms with E-state index in [4.69, 9.17) is 32.0 Å². The normalized spacial score (nSPS) is 11.2. The summed E-state index contributed by atoms with van der Waals surface area (Å²) >= 11 is 15.7. The Morgan fingerprint density at radius 2 is 0.636 bits per heavy atom. The summed E-state index contributed by atoms with van der Waals surface area (Å²) in [5.41, 5.74) is 16.2. The van der Waals surface area contributed by atoms with E-state index in [1.165, 1.54) is 33.4 Å². The molecule has 0 saturated heterocycles. The topological polar surface area (TPSA) is 350 Å². The van der Waals surface area contributed by atoms with E-state index in [0.29, 0.717) is 44.6 Å². The number of rotatable bonds is 20. The molecule has 596 valence electrons. The van der Waals surface area contributed by atoms with Gasteiger partial charge in [-0.1, -0.05) is 257 Å². The fraction of sp³-hybridized carbons (Fsp3) is 0.182. The molecule has 0 aliphatic carbocycles. The maximum atomic E-state index is 11.7. The van der Waals surface area contributed by atoms with Gasteiger partial charge in [-0.15, -0.1) is 40.8 Å². The van der Waals surface area contributed by atoms with Crippen LogP contribution in [0.1, 0.15) is 166 Å². The Kier molecular flexibility index (Phi) is 24.9. The van der Waals surface area contributed by atoms with Crippen molar-refractivity contribution in [1.29, 1.82) is 0 Å². The maximum absolute atomic E-state index is 11.7. The van der Waals surface area contributed by atoms with Crippen molar-refractivity contribution in [3.8, 4) is 111 Å². The highest BCUT2D eigenvalue weighted by molar-refractivity contribution is 7.18. The number of carbonyl (C=O) groups is 4. The Balaban J connectivity index is 0.000000136.